The smallest absolute Gasteiger partial charge is 0.150 e. The van der Waals surface area contributed by atoms with Crippen LogP contribution in [0.25, 0.3) is 0 Å². The molecule has 1 aliphatic carbocycles. The second-order valence-corrected chi connectivity index (χ2v) is 4.35. The molecule has 15 heavy (non-hydrogen) atoms. The van der Waals surface area contributed by atoms with Crippen molar-refractivity contribution in [2.75, 3.05) is 0 Å². The molecule has 80 valence electrons. The Morgan fingerprint density at radius 3 is 2.60 bits per heavy atom. The zero-order valence-corrected chi connectivity index (χ0v) is 8.71. The molecule has 2 rings (SSSR count). The molecule has 0 spiro atoms. The van der Waals surface area contributed by atoms with Gasteiger partial charge in [-0.15, -0.1) is 0 Å². The highest BCUT2D eigenvalue weighted by Crippen LogP contribution is 2.36. The maximum atomic E-state index is 14.2. The summed E-state index contributed by atoms with van der Waals surface area (Å²) in [5, 5.41) is 0. The number of hydrogen-bond acceptors (Lipinski definition) is 1. The average Bonchev–Trinajstić information content (AvgIpc) is 2.66. The van der Waals surface area contributed by atoms with Crippen molar-refractivity contribution in [3.63, 3.8) is 0 Å². The molecule has 1 aliphatic rings. The van der Waals surface area contributed by atoms with Crippen molar-refractivity contribution in [2.24, 2.45) is 0 Å². The van der Waals surface area contributed by atoms with Gasteiger partial charge < -0.3 is 0 Å². The Morgan fingerprint density at radius 1 is 1.27 bits per heavy atom. The normalized spacial score (nSPS) is 19.0. The second kappa shape index (κ2) is 4.13. The zero-order chi connectivity index (χ0) is 10.7. The van der Waals surface area contributed by atoms with Crippen LogP contribution in [0.1, 0.15) is 41.6 Å². The number of alkyl halides is 1. The van der Waals surface area contributed by atoms with Gasteiger partial charge in [-0.25, -0.2) is 4.39 Å². The number of carbonyl (C=O) groups is 1. The lowest BCUT2D eigenvalue weighted by Crippen LogP contribution is -2.21. The van der Waals surface area contributed by atoms with E-state index in [1.807, 2.05) is 18.2 Å². The largest absolute Gasteiger partial charge is 0.298 e. The van der Waals surface area contributed by atoms with Crippen LogP contribution in [0, 0.1) is 0 Å². The number of carbonyl (C=O) groups excluding carboxylic acids is 1. The molecule has 1 aromatic rings. The number of aldehydes is 1. The summed E-state index contributed by atoms with van der Waals surface area (Å²) in [5.41, 5.74) is 0.400. The molecular formula is C13H15FO. The van der Waals surface area contributed by atoms with Crippen molar-refractivity contribution < 1.29 is 9.18 Å². The Hall–Kier alpha value is -1.18. The van der Waals surface area contributed by atoms with Crippen LogP contribution in [-0.4, -0.2) is 12.0 Å². The number of rotatable bonds is 3. The molecular weight excluding hydrogens is 191 g/mol. The lowest BCUT2D eigenvalue weighted by Gasteiger charge is -2.19. The predicted octanol–water partition coefficient (Wildman–Crippen LogP) is 3.32. The van der Waals surface area contributed by atoms with Gasteiger partial charge in [0, 0.05) is 12.0 Å². The van der Waals surface area contributed by atoms with Crippen molar-refractivity contribution in [2.45, 2.75) is 37.8 Å². The monoisotopic (exact) mass is 206 g/mol. The summed E-state index contributed by atoms with van der Waals surface area (Å²) in [6.07, 6.45) is 4.43. The number of benzene rings is 1. The van der Waals surface area contributed by atoms with Crippen LogP contribution in [0.5, 0.6) is 0 Å². The van der Waals surface area contributed by atoms with Gasteiger partial charge in [0.05, 0.1) is 0 Å². The summed E-state index contributed by atoms with van der Waals surface area (Å²) in [4.78, 5) is 10.8. The molecule has 0 amide bonds. The fourth-order valence-corrected chi connectivity index (χ4v) is 2.34. The topological polar surface area (TPSA) is 17.1 Å². The van der Waals surface area contributed by atoms with E-state index in [1.54, 1.807) is 6.07 Å². The molecule has 0 aliphatic heterocycles. The van der Waals surface area contributed by atoms with Gasteiger partial charge in [0.15, 0.2) is 0 Å². The third-order valence-electron chi connectivity index (χ3n) is 3.19. The molecule has 0 saturated heterocycles. The van der Waals surface area contributed by atoms with E-state index in [1.165, 1.54) is 0 Å². The van der Waals surface area contributed by atoms with Crippen LogP contribution in [0.2, 0.25) is 0 Å². The maximum absolute atomic E-state index is 14.2. The summed E-state index contributed by atoms with van der Waals surface area (Å²) in [6, 6.07) is 7.28. The van der Waals surface area contributed by atoms with E-state index in [0.29, 0.717) is 24.8 Å². The van der Waals surface area contributed by atoms with Gasteiger partial charge >= 0.3 is 0 Å². The molecule has 2 heteroatoms. The minimum absolute atomic E-state index is 0.391. The second-order valence-electron chi connectivity index (χ2n) is 4.35. The third kappa shape index (κ3) is 2.25. The fraction of sp³-hybridized carbons (Fsp3) is 0.462. The van der Waals surface area contributed by atoms with Gasteiger partial charge in [-0.05, 0) is 18.4 Å². The highest BCUT2D eigenvalue weighted by Gasteiger charge is 2.34. The number of halogens is 1. The SMILES string of the molecule is O=Cc1ccccc1CC1(F)CCCC1. The van der Waals surface area contributed by atoms with E-state index >= 15 is 0 Å². The molecule has 0 atom stereocenters. The minimum Gasteiger partial charge on any atom is -0.298 e. The van der Waals surface area contributed by atoms with Gasteiger partial charge in [0.2, 0.25) is 0 Å². The maximum Gasteiger partial charge on any atom is 0.150 e. The molecule has 0 unspecified atom stereocenters. The highest BCUT2D eigenvalue weighted by molar-refractivity contribution is 5.77. The van der Waals surface area contributed by atoms with Crippen LogP contribution in [-0.2, 0) is 6.42 Å². The standard InChI is InChI=1S/C13H15FO/c14-13(7-3-4-8-13)9-11-5-1-2-6-12(11)10-15/h1-2,5-6,10H,3-4,7-9H2. The first kappa shape index (κ1) is 10.3. The van der Waals surface area contributed by atoms with Gasteiger partial charge in [0.1, 0.15) is 12.0 Å². The quantitative estimate of drug-likeness (QED) is 0.693. The highest BCUT2D eigenvalue weighted by atomic mass is 19.1. The first-order chi connectivity index (χ1) is 7.23. The summed E-state index contributed by atoms with van der Waals surface area (Å²) < 4.78 is 14.2. The van der Waals surface area contributed by atoms with Crippen molar-refractivity contribution >= 4 is 6.29 Å². The third-order valence-corrected chi connectivity index (χ3v) is 3.19. The van der Waals surface area contributed by atoms with E-state index in [2.05, 4.69) is 0 Å². The molecule has 1 nitrogen and oxygen atoms in total. The van der Waals surface area contributed by atoms with E-state index in [4.69, 9.17) is 0 Å². The molecule has 0 N–H and O–H groups in total. The molecule has 0 aromatic heterocycles. The number of hydrogen-bond donors (Lipinski definition) is 0. The van der Waals surface area contributed by atoms with E-state index in [-0.39, 0.29) is 0 Å². The average molecular weight is 206 g/mol. The lowest BCUT2D eigenvalue weighted by atomic mass is 9.92. The van der Waals surface area contributed by atoms with Crippen molar-refractivity contribution in [3.05, 3.63) is 35.4 Å². The lowest BCUT2D eigenvalue weighted by molar-refractivity contribution is 0.112. The Kier molecular flexibility index (Phi) is 2.85. The fourth-order valence-electron chi connectivity index (χ4n) is 2.34. The van der Waals surface area contributed by atoms with Crippen LogP contribution >= 0.6 is 0 Å². The zero-order valence-electron chi connectivity index (χ0n) is 8.71. The van der Waals surface area contributed by atoms with E-state index < -0.39 is 5.67 Å². The van der Waals surface area contributed by atoms with Gasteiger partial charge in [-0.1, -0.05) is 37.1 Å². The van der Waals surface area contributed by atoms with Crippen molar-refractivity contribution in [1.29, 1.82) is 0 Å². The Bertz CT molecular complexity index is 353. The Morgan fingerprint density at radius 2 is 1.93 bits per heavy atom. The Labute approximate surface area is 89.3 Å². The predicted molar refractivity (Wildman–Crippen MR) is 57.8 cm³/mol. The summed E-state index contributed by atoms with van der Waals surface area (Å²) in [5.74, 6) is 0. The van der Waals surface area contributed by atoms with Gasteiger partial charge in [0.25, 0.3) is 0 Å². The molecule has 0 heterocycles. The first-order valence-corrected chi connectivity index (χ1v) is 5.45. The summed E-state index contributed by atoms with van der Waals surface area (Å²) >= 11 is 0. The first-order valence-electron chi connectivity index (χ1n) is 5.45. The van der Waals surface area contributed by atoms with Crippen LogP contribution in [0.15, 0.2) is 24.3 Å². The van der Waals surface area contributed by atoms with Crippen molar-refractivity contribution in [1.82, 2.24) is 0 Å². The van der Waals surface area contributed by atoms with Crippen molar-refractivity contribution in [3.8, 4) is 0 Å². The van der Waals surface area contributed by atoms with Gasteiger partial charge in [-0.3, -0.25) is 4.79 Å². The van der Waals surface area contributed by atoms with Crippen LogP contribution in [0.3, 0.4) is 0 Å². The van der Waals surface area contributed by atoms with Crippen LogP contribution in [0.4, 0.5) is 4.39 Å². The van der Waals surface area contributed by atoms with E-state index in [9.17, 15) is 9.18 Å². The summed E-state index contributed by atoms with van der Waals surface area (Å²) in [6.45, 7) is 0. The van der Waals surface area contributed by atoms with Gasteiger partial charge in [-0.2, -0.15) is 0 Å². The molecule has 1 aromatic carbocycles. The van der Waals surface area contributed by atoms with E-state index in [0.717, 1.165) is 24.7 Å². The molecule has 1 fully saturated rings. The summed E-state index contributed by atoms with van der Waals surface area (Å²) in [7, 11) is 0. The minimum atomic E-state index is -1.07. The van der Waals surface area contributed by atoms with Crippen LogP contribution < -0.4 is 0 Å². The molecule has 0 radical (unpaired) electrons. The molecule has 0 bridgehead atoms. The Balaban J connectivity index is 2.19. The molecule has 1 saturated carbocycles.